The summed E-state index contributed by atoms with van der Waals surface area (Å²) in [7, 11) is 2.67. The number of nitrogens with two attached hydrogens (primary N) is 1. The molecule has 5 aliphatic carbocycles. The normalized spacial score (nSPS) is 21.2. The number of fused-ring (bicyclic) bond motifs is 5. The molecule has 133 heavy (non-hydrogen) atoms. The Balaban J connectivity index is 0.000000283. The predicted molar refractivity (Wildman–Crippen MR) is 516 cm³/mol. The van der Waals surface area contributed by atoms with Gasteiger partial charge >= 0.3 is 37.9 Å². The van der Waals surface area contributed by atoms with Gasteiger partial charge in [-0.2, -0.15) is 0 Å². The van der Waals surface area contributed by atoms with E-state index in [2.05, 4.69) is 98.6 Å². The van der Waals surface area contributed by atoms with E-state index in [4.69, 9.17) is 70.0 Å². The third-order valence-electron chi connectivity index (χ3n) is 24.2. The maximum atomic E-state index is 13.0. The van der Waals surface area contributed by atoms with Crippen molar-refractivity contribution in [2.24, 2.45) is 5.73 Å². The fourth-order valence-electron chi connectivity index (χ4n) is 16.2. The minimum atomic E-state index is -0.959. The van der Waals surface area contributed by atoms with Crippen LogP contribution in [-0.2, 0) is 110 Å². The number of aryl methyl sites for hydroxylation is 5. The summed E-state index contributed by atoms with van der Waals surface area (Å²) in [6.45, 7) is 13.8. The van der Waals surface area contributed by atoms with Gasteiger partial charge in [-0.05, 0) is 275 Å². The van der Waals surface area contributed by atoms with Gasteiger partial charge in [0.15, 0.2) is 0 Å². The molecule has 3 amide bonds. The van der Waals surface area contributed by atoms with Gasteiger partial charge in [0.05, 0.1) is 101 Å². The van der Waals surface area contributed by atoms with Gasteiger partial charge in [0.1, 0.15) is 28.5 Å². The van der Waals surface area contributed by atoms with Crippen molar-refractivity contribution in [2.75, 3.05) is 73.7 Å². The second kappa shape index (κ2) is 56.7. The van der Waals surface area contributed by atoms with E-state index in [1.165, 1.54) is 41.5 Å². The average Bonchev–Trinajstić information content (AvgIpc) is 1.61. The zero-order valence-corrected chi connectivity index (χ0v) is 80.4. The maximum Gasteiger partial charge on any atom is 1.00 e. The molecule has 0 unspecified atom stereocenters. The van der Waals surface area contributed by atoms with Crippen LogP contribution in [0.15, 0.2) is 80.4 Å². The number of hydrogen-bond acceptors (Lipinski definition) is 27. The van der Waals surface area contributed by atoms with Crippen LogP contribution in [0.2, 0.25) is 0 Å². The molecule has 5 aliphatic heterocycles. The van der Waals surface area contributed by atoms with E-state index in [0.29, 0.717) is 106 Å². The second-order valence-corrected chi connectivity index (χ2v) is 36.7. The summed E-state index contributed by atoms with van der Waals surface area (Å²) >= 11 is 16.0. The summed E-state index contributed by atoms with van der Waals surface area (Å²) < 4.78 is 50.9. The van der Waals surface area contributed by atoms with E-state index in [9.17, 15) is 39.3 Å². The number of aliphatic hydroxyl groups excluding tert-OH is 4. The molecule has 5 saturated heterocycles. The second-order valence-electron chi connectivity index (χ2n) is 33.9. The number of nitrogens with zero attached hydrogens (tertiary/aromatic N) is 7. The number of halogens is 4. The number of carboxylic acid groups (broad SMARTS) is 1. The number of amides is 3. The van der Waals surface area contributed by atoms with Crippen molar-refractivity contribution in [3.63, 3.8) is 0 Å². The molecule has 5 fully saturated rings. The fourth-order valence-corrected chi connectivity index (χ4v) is 18.3. The van der Waals surface area contributed by atoms with Crippen LogP contribution in [0.5, 0.6) is 11.8 Å². The molecule has 0 radical (unpaired) electrons. The zero-order valence-electron chi connectivity index (χ0n) is 74.9. The molecular formula is C96H137BBr3ClLiN11O20. The quantitative estimate of drug-likeness (QED) is 0.0262. The minimum Gasteiger partial charge on any atom is -0.870 e. The van der Waals surface area contributed by atoms with Crippen molar-refractivity contribution in [1.29, 1.82) is 0 Å². The Morgan fingerprint density at radius 2 is 0.820 bits per heavy atom. The summed E-state index contributed by atoms with van der Waals surface area (Å²) in [5.74, 6) is -0.336. The Bertz CT molecular complexity index is 4840. The van der Waals surface area contributed by atoms with Gasteiger partial charge in [-0.25, -0.2) is 44.5 Å². The molecule has 12 heterocycles. The number of aromatic nitrogens is 7. The Labute approximate surface area is 826 Å². The molecule has 7 aromatic heterocycles. The van der Waals surface area contributed by atoms with Gasteiger partial charge in [-0.1, -0.05) is 89.6 Å². The number of nitrogens with one attached hydrogen (secondary N) is 3. The number of rotatable bonds is 15. The molecule has 0 bridgehead atoms. The van der Waals surface area contributed by atoms with E-state index < -0.39 is 48.7 Å². The molecule has 8 atom stereocenters. The molecule has 0 saturated carbocycles. The topological polar surface area (TPSA) is 452 Å². The van der Waals surface area contributed by atoms with E-state index >= 15 is 0 Å². The summed E-state index contributed by atoms with van der Waals surface area (Å²) in [6.07, 6.45) is 25.1. The molecule has 31 nitrogen and oxygen atoms in total. The Hall–Kier alpha value is -7.09. The number of carboxylic acids is 1. The van der Waals surface area contributed by atoms with E-state index in [1.807, 2.05) is 64.2 Å². The van der Waals surface area contributed by atoms with Crippen LogP contribution in [0.4, 0.5) is 0 Å². The first-order valence-electron chi connectivity index (χ1n) is 44.1. The van der Waals surface area contributed by atoms with Crippen molar-refractivity contribution in [3.05, 3.63) is 182 Å². The number of aliphatic hydroxyl groups is 4. The molecule has 17 rings (SSSR count). The van der Waals surface area contributed by atoms with E-state index in [1.54, 1.807) is 51.6 Å². The fraction of sp³-hybridized carbons (Fsp3) is 0.583. The number of esters is 1. The van der Waals surface area contributed by atoms with Gasteiger partial charge in [0.25, 0.3) is 17.7 Å². The van der Waals surface area contributed by atoms with E-state index in [0.717, 1.165) is 185 Å². The molecular weight excluding hydrogens is 1920 g/mol. The van der Waals surface area contributed by atoms with Crippen LogP contribution in [-0.4, -0.2) is 236 Å². The van der Waals surface area contributed by atoms with Crippen LogP contribution in [0.1, 0.15) is 280 Å². The molecule has 0 spiro atoms. The first-order chi connectivity index (χ1) is 61.0. The van der Waals surface area contributed by atoms with Crippen molar-refractivity contribution in [3.8, 4) is 11.8 Å². The zero-order chi connectivity index (χ0) is 90.9. The molecule has 10 aliphatic rings. The monoisotopic (exact) mass is 2050 g/mol. The van der Waals surface area contributed by atoms with Gasteiger partial charge in [0.2, 0.25) is 11.8 Å². The number of methoxy groups -OCH3 is 2. The van der Waals surface area contributed by atoms with Gasteiger partial charge in [-0.3, -0.25) is 14.4 Å². The van der Waals surface area contributed by atoms with Crippen molar-refractivity contribution in [1.82, 2.24) is 50.8 Å². The van der Waals surface area contributed by atoms with Crippen LogP contribution in [0.25, 0.3) is 0 Å². The summed E-state index contributed by atoms with van der Waals surface area (Å²) in [5.41, 5.74) is 21.5. The standard InChI is InChI=1S/C22H27N3O4.C21H31BN2O5.C15H19BrN2O3.C12H14BrNO2.C10H10BrNO2.C7H8ClNO.C5H11NO2.4CH4.Li.H2O/c1-28-21-7-6-14(12-23-21)10-15-11-19(24-17-5-3-2-4-16(15)17)22(27)25-18-8-9-29-13-20(18)26;1-20(2)21(3,4)29-22(28-20)14-11-17(23-15-8-6-5-7-13(14)15)19(26)24-16-9-10-27-12-18(16)25;16-10-7-13(17-11-4-2-1-3-9(10)11)15(20)18-12-5-6-21-8-14(12)19;1-2-16-12(15)11-7-9(13)8-5-3-4-6-10(8)14-11;11-7-5-9(10(13)14)12-8-4-2-1-3-6(7)8;1-10-7-3-2-6(4-8)5-9-7;6-4-1-2-8-3-5(4)7;;;;;;/h6-7,11-12,18,20,26H,2-5,8-10,13H2,1H3,(H,25,27);11,16,18,25H,5-10,12H2,1-4H3,(H,24,26);7,12,14,19H,1-6,8H2,(H,18,20);7H,2-6H2,1H3;5H,1-4H2,(H,13,14);2-3,5H,4H2,1H3;4-5,7H,1-3,6H2;4*1H4;;1H2/q;;;;;;;;;;;+1;/p-1/t18-,20-;16-,18-;12-,14-;;;;4-,5-;;;;;;/m000...0....../s1. The number of carbonyl (C=O) groups is 5. The molecule has 37 heteroatoms. The predicted octanol–water partition coefficient (Wildman–Crippen LogP) is 10.2. The largest absolute Gasteiger partial charge is 1.00 e. The third kappa shape index (κ3) is 32.8. The van der Waals surface area contributed by atoms with Crippen molar-refractivity contribution >= 4 is 102 Å². The van der Waals surface area contributed by atoms with Crippen LogP contribution >= 0.6 is 59.4 Å². The molecule has 11 N–H and O–H groups in total. The molecule has 728 valence electrons. The number of carbonyl (C=O) groups excluding carboxylic acids is 4. The van der Waals surface area contributed by atoms with Crippen LogP contribution < -0.4 is 55.5 Å². The summed E-state index contributed by atoms with van der Waals surface area (Å²) in [4.78, 5) is 91.2. The van der Waals surface area contributed by atoms with Crippen molar-refractivity contribution in [2.45, 2.75) is 291 Å². The molecule has 0 aromatic carbocycles. The number of aromatic carboxylic acids is 1. The van der Waals surface area contributed by atoms with Gasteiger partial charge < -0.3 is 95.2 Å². The Morgan fingerprint density at radius 3 is 1.19 bits per heavy atom. The smallest absolute Gasteiger partial charge is 0.870 e. The number of hydrogen-bond donors (Lipinski definition) is 9. The first kappa shape index (κ1) is 116. The summed E-state index contributed by atoms with van der Waals surface area (Å²) in [5, 5.41) is 56.5. The van der Waals surface area contributed by atoms with Crippen LogP contribution in [0, 0.1) is 0 Å². The van der Waals surface area contributed by atoms with Gasteiger partial charge in [0, 0.05) is 105 Å². The maximum absolute atomic E-state index is 13.0. The molecule has 7 aromatic rings. The van der Waals surface area contributed by atoms with E-state index in [-0.39, 0.29) is 127 Å². The third-order valence-corrected chi connectivity index (χ3v) is 26.7. The van der Waals surface area contributed by atoms with Gasteiger partial charge in [-0.15, -0.1) is 11.6 Å². The minimum absolute atomic E-state index is 0. The number of alkyl halides is 1. The van der Waals surface area contributed by atoms with Crippen molar-refractivity contribution < 1.29 is 116 Å². The number of pyridine rings is 7. The Kier molecular flexibility index (Phi) is 49.6. The first-order valence-corrected chi connectivity index (χ1v) is 47.1. The average molecular weight is 2060 g/mol. The van der Waals surface area contributed by atoms with Crippen LogP contribution in [0.3, 0.4) is 0 Å². The SMILES string of the molecule is C.C.C.C.CC1(C)OB(c2cc(C(=O)N[C@H]3CCOC[C@@H]3O)nc3c2CCCC3)OC1(C)C.CCOC(=O)c1cc(Br)c2c(n1)CCCC2.COc1ccc(CCl)cn1.COc1ccc(Cc2cc(C(=O)N[C@H]3CCOC[C@@H]3O)nc3c2CCCC3)cn1.N[C@H]1CCOC[C@@H]1O.O=C(N[C@H]1CCOC[C@@H]1O)c1cc(Br)c2c(n1)CCCC2.O=C(O)c1cc(Br)c2c(n1)CCCC2.[Li+].[OH-]. The number of ether oxygens (including phenoxy) is 7. The summed E-state index contributed by atoms with van der Waals surface area (Å²) in [6, 6.07) is 15.4. The Morgan fingerprint density at radius 1 is 0.481 bits per heavy atom.